The third-order valence-corrected chi connectivity index (χ3v) is 6.47. The molecule has 2 aliphatic carbocycles. The van der Waals surface area contributed by atoms with Gasteiger partial charge in [-0.25, -0.2) is 5.43 Å². The highest BCUT2D eigenvalue weighted by Crippen LogP contribution is 2.36. The Labute approximate surface area is 160 Å². The molecular weight excluding hydrogens is 338 g/mol. The van der Waals surface area contributed by atoms with Crippen molar-refractivity contribution in [3.63, 3.8) is 0 Å². The summed E-state index contributed by atoms with van der Waals surface area (Å²) in [7, 11) is 2.20. The quantitative estimate of drug-likeness (QED) is 0.799. The van der Waals surface area contributed by atoms with E-state index < -0.39 is 0 Å². The zero-order chi connectivity index (χ0) is 18.4. The number of hydrogen-bond donors (Lipinski definition) is 2. The van der Waals surface area contributed by atoms with Gasteiger partial charge in [-0.05, 0) is 62.8 Å². The van der Waals surface area contributed by atoms with Crippen LogP contribution >= 0.6 is 0 Å². The standard InChI is InChI=1S/C21H29N5O/c1-25-8-10-26(11-9-25)13-17-15-4-2-3-5-18(15)22-19(17)12-16-20(14-6-7-14)23-24-21(16)27/h12,14,22H,2-11,13H2,1H3,(H,24,27)/b16-12-. The van der Waals surface area contributed by atoms with Crippen molar-refractivity contribution < 1.29 is 4.79 Å². The first-order valence-electron chi connectivity index (χ1n) is 10.4. The van der Waals surface area contributed by atoms with Gasteiger partial charge < -0.3 is 9.88 Å². The molecule has 2 aliphatic heterocycles. The lowest BCUT2D eigenvalue weighted by molar-refractivity contribution is -0.116. The number of aromatic amines is 1. The van der Waals surface area contributed by atoms with Crippen LogP contribution in [0.1, 0.15) is 48.2 Å². The number of H-pyrrole nitrogens is 1. The lowest BCUT2D eigenvalue weighted by Crippen LogP contribution is -2.44. The molecule has 0 unspecified atom stereocenters. The van der Waals surface area contributed by atoms with E-state index >= 15 is 0 Å². The summed E-state index contributed by atoms with van der Waals surface area (Å²) < 4.78 is 0. The maximum absolute atomic E-state index is 12.4. The Balaban J connectivity index is 1.48. The van der Waals surface area contributed by atoms with Crippen LogP contribution in [0.3, 0.4) is 0 Å². The first-order chi connectivity index (χ1) is 13.2. The van der Waals surface area contributed by atoms with Gasteiger partial charge in [-0.1, -0.05) is 0 Å². The number of amides is 1. The average Bonchev–Trinajstić information content (AvgIpc) is 3.38. The van der Waals surface area contributed by atoms with Crippen LogP contribution in [0.25, 0.3) is 6.08 Å². The van der Waals surface area contributed by atoms with E-state index in [2.05, 4.69) is 38.4 Å². The van der Waals surface area contributed by atoms with Gasteiger partial charge in [0.05, 0.1) is 11.3 Å². The highest BCUT2D eigenvalue weighted by Gasteiger charge is 2.36. The SMILES string of the molecule is CN1CCN(Cc2c(/C=C3\C(=O)NN=C3C3CC3)[nH]c3c2CCCC3)CC1. The monoisotopic (exact) mass is 367 g/mol. The number of likely N-dealkylation sites (N-methyl/N-ethyl adjacent to an activating group) is 1. The second-order valence-electron chi connectivity index (χ2n) is 8.53. The van der Waals surface area contributed by atoms with Gasteiger partial charge in [0.2, 0.25) is 0 Å². The lowest BCUT2D eigenvalue weighted by Gasteiger charge is -2.32. The fraction of sp³-hybridized carbons (Fsp3) is 0.619. The van der Waals surface area contributed by atoms with Crippen molar-refractivity contribution >= 4 is 17.7 Å². The summed E-state index contributed by atoms with van der Waals surface area (Å²) in [5, 5.41) is 4.31. The van der Waals surface area contributed by atoms with Gasteiger partial charge >= 0.3 is 0 Å². The molecule has 6 heteroatoms. The normalized spacial score (nSPS) is 25.6. The molecule has 27 heavy (non-hydrogen) atoms. The number of rotatable bonds is 4. The van der Waals surface area contributed by atoms with Crippen LogP contribution in [0, 0.1) is 5.92 Å². The Morgan fingerprint density at radius 2 is 1.93 bits per heavy atom. The summed E-state index contributed by atoms with van der Waals surface area (Å²) in [5.41, 5.74) is 9.88. The molecule has 1 saturated carbocycles. The number of carbonyl (C=O) groups excluding carboxylic acids is 1. The lowest BCUT2D eigenvalue weighted by atomic mass is 9.93. The highest BCUT2D eigenvalue weighted by molar-refractivity contribution is 6.28. The van der Waals surface area contributed by atoms with Gasteiger partial charge in [-0.3, -0.25) is 9.69 Å². The minimum Gasteiger partial charge on any atom is -0.358 e. The topological polar surface area (TPSA) is 63.7 Å². The molecule has 0 spiro atoms. The zero-order valence-electron chi connectivity index (χ0n) is 16.2. The van der Waals surface area contributed by atoms with Crippen LogP contribution in [-0.2, 0) is 24.2 Å². The third kappa shape index (κ3) is 3.36. The Bertz CT molecular complexity index is 809. The minimum absolute atomic E-state index is 0.0463. The molecule has 0 aromatic carbocycles. The number of aromatic nitrogens is 1. The fourth-order valence-electron chi connectivity index (χ4n) is 4.61. The predicted molar refractivity (Wildman–Crippen MR) is 106 cm³/mol. The molecule has 0 atom stereocenters. The highest BCUT2D eigenvalue weighted by atomic mass is 16.2. The molecule has 2 fully saturated rings. The van der Waals surface area contributed by atoms with Crippen molar-refractivity contribution in [3.05, 3.63) is 28.1 Å². The average molecular weight is 367 g/mol. The number of nitrogens with zero attached hydrogens (tertiary/aromatic N) is 3. The van der Waals surface area contributed by atoms with Gasteiger partial charge in [0.25, 0.3) is 5.91 Å². The summed E-state index contributed by atoms with van der Waals surface area (Å²) in [4.78, 5) is 21.0. The van der Waals surface area contributed by atoms with E-state index in [0.717, 1.165) is 75.4 Å². The molecule has 0 bridgehead atoms. The molecule has 1 amide bonds. The Morgan fingerprint density at radius 1 is 1.15 bits per heavy atom. The minimum atomic E-state index is -0.0463. The van der Waals surface area contributed by atoms with Crippen LogP contribution in [0.4, 0.5) is 0 Å². The molecule has 144 valence electrons. The van der Waals surface area contributed by atoms with E-state index in [1.807, 2.05) is 0 Å². The fourth-order valence-corrected chi connectivity index (χ4v) is 4.61. The van der Waals surface area contributed by atoms with Crippen LogP contribution in [0.2, 0.25) is 0 Å². The second kappa shape index (κ2) is 6.91. The summed E-state index contributed by atoms with van der Waals surface area (Å²) >= 11 is 0. The number of piperazine rings is 1. The van der Waals surface area contributed by atoms with E-state index in [1.165, 1.54) is 29.7 Å². The van der Waals surface area contributed by atoms with Gasteiger partial charge in [-0.15, -0.1) is 0 Å². The molecule has 1 aromatic rings. The van der Waals surface area contributed by atoms with E-state index in [1.54, 1.807) is 0 Å². The van der Waals surface area contributed by atoms with Gasteiger partial charge in [0.15, 0.2) is 0 Å². The maximum atomic E-state index is 12.4. The van der Waals surface area contributed by atoms with Crippen LogP contribution in [0.15, 0.2) is 10.7 Å². The number of fused-ring (bicyclic) bond motifs is 1. The summed E-state index contributed by atoms with van der Waals surface area (Å²) in [6, 6.07) is 0. The smallest absolute Gasteiger partial charge is 0.273 e. The molecule has 0 radical (unpaired) electrons. The van der Waals surface area contributed by atoms with Crippen molar-refractivity contribution in [1.82, 2.24) is 20.2 Å². The molecule has 4 aliphatic rings. The number of carbonyl (C=O) groups is 1. The van der Waals surface area contributed by atoms with Crippen molar-refractivity contribution in [2.45, 2.75) is 45.1 Å². The van der Waals surface area contributed by atoms with E-state index in [-0.39, 0.29) is 5.91 Å². The van der Waals surface area contributed by atoms with Crippen LogP contribution < -0.4 is 5.43 Å². The summed E-state index contributed by atoms with van der Waals surface area (Å²) in [6.07, 6.45) is 9.21. The Hall–Kier alpha value is -1.92. The maximum Gasteiger partial charge on any atom is 0.273 e. The van der Waals surface area contributed by atoms with Crippen LogP contribution in [-0.4, -0.2) is 59.6 Å². The Morgan fingerprint density at radius 3 is 2.70 bits per heavy atom. The van der Waals surface area contributed by atoms with E-state index in [9.17, 15) is 4.79 Å². The Kier molecular flexibility index (Phi) is 4.40. The van der Waals surface area contributed by atoms with Crippen LogP contribution in [0.5, 0.6) is 0 Å². The van der Waals surface area contributed by atoms with E-state index in [4.69, 9.17) is 0 Å². The molecule has 1 aromatic heterocycles. The first-order valence-corrected chi connectivity index (χ1v) is 10.4. The molecule has 1 saturated heterocycles. The molecule has 5 rings (SSSR count). The third-order valence-electron chi connectivity index (χ3n) is 6.47. The largest absolute Gasteiger partial charge is 0.358 e. The number of aryl methyl sites for hydroxylation is 1. The summed E-state index contributed by atoms with van der Waals surface area (Å²) in [5.74, 6) is 0.427. The number of hydrogen-bond acceptors (Lipinski definition) is 4. The van der Waals surface area contributed by atoms with Crippen molar-refractivity contribution in [1.29, 1.82) is 0 Å². The first kappa shape index (κ1) is 17.2. The van der Waals surface area contributed by atoms with E-state index in [0.29, 0.717) is 5.92 Å². The van der Waals surface area contributed by atoms with Crippen molar-refractivity contribution in [2.24, 2.45) is 11.0 Å². The van der Waals surface area contributed by atoms with Crippen molar-refractivity contribution in [2.75, 3.05) is 33.2 Å². The van der Waals surface area contributed by atoms with Crippen molar-refractivity contribution in [3.8, 4) is 0 Å². The van der Waals surface area contributed by atoms with Gasteiger partial charge in [0, 0.05) is 50.0 Å². The number of nitrogens with one attached hydrogen (secondary N) is 2. The summed E-state index contributed by atoms with van der Waals surface area (Å²) in [6.45, 7) is 5.47. The molecule has 2 N–H and O–H groups in total. The molecule has 3 heterocycles. The molecular formula is C21H29N5O. The predicted octanol–water partition coefficient (Wildman–Crippen LogP) is 1.92. The molecule has 6 nitrogen and oxygen atoms in total. The second-order valence-corrected chi connectivity index (χ2v) is 8.53. The van der Waals surface area contributed by atoms with Gasteiger partial charge in [-0.2, -0.15) is 5.10 Å². The van der Waals surface area contributed by atoms with Gasteiger partial charge in [0.1, 0.15) is 0 Å². The zero-order valence-corrected chi connectivity index (χ0v) is 16.2. The number of hydrazone groups is 1.